The first kappa shape index (κ1) is 14.2. The Kier molecular flexibility index (Phi) is 4.67. The molecule has 0 radical (unpaired) electrons. The van der Waals surface area contributed by atoms with Gasteiger partial charge in [0, 0.05) is 15.4 Å². The number of rotatable bonds is 4. The molecule has 19 heavy (non-hydrogen) atoms. The second-order valence-corrected chi connectivity index (χ2v) is 6.12. The van der Waals surface area contributed by atoms with E-state index in [1.807, 2.05) is 12.1 Å². The molecule has 2 aromatic rings. The van der Waals surface area contributed by atoms with Crippen LogP contribution in [0.1, 0.15) is 35.7 Å². The summed E-state index contributed by atoms with van der Waals surface area (Å²) in [5.41, 5.74) is 1.87. The lowest BCUT2D eigenvalue weighted by Crippen LogP contribution is -1.88. The van der Waals surface area contributed by atoms with E-state index in [1.54, 1.807) is 17.8 Å². The van der Waals surface area contributed by atoms with E-state index in [0.717, 1.165) is 16.1 Å². The molecule has 0 aromatic heterocycles. The number of hydrogen-bond donors (Lipinski definition) is 0. The molecule has 0 fully saturated rings. The molecule has 0 saturated heterocycles. The van der Waals surface area contributed by atoms with Crippen LogP contribution in [0.2, 0.25) is 5.02 Å². The van der Waals surface area contributed by atoms with Crippen molar-refractivity contribution in [2.45, 2.75) is 29.6 Å². The van der Waals surface area contributed by atoms with E-state index in [2.05, 4.69) is 38.1 Å². The molecule has 0 aliphatic rings. The average Bonchev–Trinajstić information content (AvgIpc) is 2.39. The van der Waals surface area contributed by atoms with E-state index in [1.165, 1.54) is 5.56 Å². The summed E-state index contributed by atoms with van der Waals surface area (Å²) >= 11 is 7.58. The van der Waals surface area contributed by atoms with Crippen LogP contribution in [0.4, 0.5) is 0 Å². The third-order valence-corrected chi connectivity index (χ3v) is 4.32. The molecule has 98 valence electrons. The van der Waals surface area contributed by atoms with Crippen molar-refractivity contribution in [3.8, 4) is 0 Å². The monoisotopic (exact) mass is 290 g/mol. The van der Waals surface area contributed by atoms with Gasteiger partial charge in [0.25, 0.3) is 0 Å². The van der Waals surface area contributed by atoms with Gasteiger partial charge in [0.2, 0.25) is 0 Å². The Labute approximate surface area is 123 Å². The number of hydrogen-bond acceptors (Lipinski definition) is 2. The summed E-state index contributed by atoms with van der Waals surface area (Å²) in [7, 11) is 0. The van der Waals surface area contributed by atoms with Crippen molar-refractivity contribution in [3.05, 3.63) is 58.6 Å². The highest BCUT2D eigenvalue weighted by Gasteiger charge is 2.08. The van der Waals surface area contributed by atoms with Crippen molar-refractivity contribution >= 4 is 29.6 Å². The molecule has 2 rings (SSSR count). The van der Waals surface area contributed by atoms with Crippen LogP contribution in [0.3, 0.4) is 0 Å². The van der Waals surface area contributed by atoms with E-state index in [0.29, 0.717) is 16.5 Å². The van der Waals surface area contributed by atoms with E-state index in [4.69, 9.17) is 11.6 Å². The first-order valence-electron chi connectivity index (χ1n) is 6.13. The van der Waals surface area contributed by atoms with Gasteiger partial charge in [-0.1, -0.05) is 55.4 Å². The van der Waals surface area contributed by atoms with E-state index >= 15 is 0 Å². The van der Waals surface area contributed by atoms with Gasteiger partial charge in [-0.05, 0) is 35.7 Å². The maximum Gasteiger partial charge on any atom is 0.152 e. The molecular formula is C16H15ClOS. The molecule has 0 atom stereocenters. The Bertz CT molecular complexity index is 576. The van der Waals surface area contributed by atoms with E-state index < -0.39 is 0 Å². The zero-order chi connectivity index (χ0) is 13.8. The third-order valence-electron chi connectivity index (χ3n) is 2.91. The lowest BCUT2D eigenvalue weighted by Gasteiger charge is -2.08. The summed E-state index contributed by atoms with van der Waals surface area (Å²) in [4.78, 5) is 13.1. The van der Waals surface area contributed by atoms with Crippen LogP contribution in [-0.2, 0) is 0 Å². The summed E-state index contributed by atoms with van der Waals surface area (Å²) in [5, 5.41) is 0.499. The van der Waals surface area contributed by atoms with Crippen LogP contribution in [-0.4, -0.2) is 6.29 Å². The molecule has 0 spiro atoms. The molecule has 0 saturated carbocycles. The number of benzene rings is 2. The minimum Gasteiger partial charge on any atom is -0.298 e. The molecule has 0 N–H and O–H groups in total. The van der Waals surface area contributed by atoms with Crippen molar-refractivity contribution in [1.29, 1.82) is 0 Å². The quantitative estimate of drug-likeness (QED) is 0.699. The van der Waals surface area contributed by atoms with Crippen LogP contribution in [0.25, 0.3) is 0 Å². The van der Waals surface area contributed by atoms with Crippen molar-refractivity contribution in [2.75, 3.05) is 0 Å². The lowest BCUT2D eigenvalue weighted by atomic mass is 10.0. The summed E-state index contributed by atoms with van der Waals surface area (Å²) in [5.74, 6) is 0.524. The normalized spacial score (nSPS) is 10.7. The Morgan fingerprint density at radius 1 is 1.11 bits per heavy atom. The second kappa shape index (κ2) is 6.27. The second-order valence-electron chi connectivity index (χ2n) is 4.60. The molecule has 3 heteroatoms. The SMILES string of the molecule is CC(C)c1ccc(Sc2cccc(Cl)c2C=O)cc1. The number of halogens is 1. The van der Waals surface area contributed by atoms with E-state index in [9.17, 15) is 4.79 Å². The Morgan fingerprint density at radius 2 is 1.79 bits per heavy atom. The summed E-state index contributed by atoms with van der Waals surface area (Å²) < 4.78 is 0. The molecule has 0 aliphatic carbocycles. The summed E-state index contributed by atoms with van der Waals surface area (Å²) in [6.45, 7) is 4.34. The molecule has 0 aliphatic heterocycles. The minimum atomic E-state index is 0.499. The van der Waals surface area contributed by atoms with Crippen molar-refractivity contribution < 1.29 is 4.79 Å². The first-order chi connectivity index (χ1) is 9.11. The summed E-state index contributed by atoms with van der Waals surface area (Å²) in [6, 6.07) is 13.9. The Balaban J connectivity index is 2.26. The van der Waals surface area contributed by atoms with Gasteiger partial charge in [0.1, 0.15) is 0 Å². The smallest absolute Gasteiger partial charge is 0.152 e. The van der Waals surface area contributed by atoms with Gasteiger partial charge in [-0.3, -0.25) is 4.79 Å². The molecule has 0 amide bonds. The van der Waals surface area contributed by atoms with Crippen molar-refractivity contribution in [1.82, 2.24) is 0 Å². The molecule has 1 nitrogen and oxygen atoms in total. The van der Waals surface area contributed by atoms with E-state index in [-0.39, 0.29) is 0 Å². The average molecular weight is 291 g/mol. The highest BCUT2D eigenvalue weighted by atomic mass is 35.5. The topological polar surface area (TPSA) is 17.1 Å². The van der Waals surface area contributed by atoms with Crippen molar-refractivity contribution in [3.63, 3.8) is 0 Å². The van der Waals surface area contributed by atoms with Gasteiger partial charge >= 0.3 is 0 Å². The highest BCUT2D eigenvalue weighted by Crippen LogP contribution is 2.33. The summed E-state index contributed by atoms with van der Waals surface area (Å²) in [6.07, 6.45) is 0.813. The van der Waals surface area contributed by atoms with Crippen LogP contribution in [0.5, 0.6) is 0 Å². The Hall–Kier alpha value is -1.25. The van der Waals surface area contributed by atoms with Crippen molar-refractivity contribution in [2.24, 2.45) is 0 Å². The molecule has 0 heterocycles. The zero-order valence-electron chi connectivity index (χ0n) is 10.9. The number of aldehydes is 1. The predicted molar refractivity (Wildman–Crippen MR) is 81.5 cm³/mol. The fourth-order valence-corrected chi connectivity index (χ4v) is 2.98. The van der Waals surface area contributed by atoms with Crippen LogP contribution < -0.4 is 0 Å². The van der Waals surface area contributed by atoms with Gasteiger partial charge in [-0.15, -0.1) is 0 Å². The van der Waals surface area contributed by atoms with Gasteiger partial charge in [-0.2, -0.15) is 0 Å². The zero-order valence-corrected chi connectivity index (χ0v) is 12.5. The van der Waals surface area contributed by atoms with Gasteiger partial charge in [-0.25, -0.2) is 0 Å². The van der Waals surface area contributed by atoms with Crippen LogP contribution in [0, 0.1) is 0 Å². The predicted octanol–water partition coefficient (Wildman–Crippen LogP) is 5.43. The Morgan fingerprint density at radius 3 is 2.37 bits per heavy atom. The molecule has 2 aromatic carbocycles. The first-order valence-corrected chi connectivity index (χ1v) is 7.32. The largest absolute Gasteiger partial charge is 0.298 e. The fraction of sp³-hybridized carbons (Fsp3) is 0.188. The maximum absolute atomic E-state index is 11.1. The molecular weight excluding hydrogens is 276 g/mol. The van der Waals surface area contributed by atoms with Crippen LogP contribution in [0.15, 0.2) is 52.3 Å². The number of carbonyl (C=O) groups is 1. The fourth-order valence-electron chi connectivity index (χ4n) is 1.77. The maximum atomic E-state index is 11.1. The van der Waals surface area contributed by atoms with Crippen LogP contribution >= 0.6 is 23.4 Å². The number of carbonyl (C=O) groups excluding carboxylic acids is 1. The standard InChI is InChI=1S/C16H15ClOS/c1-11(2)12-6-8-13(9-7-12)19-16-5-3-4-15(17)14(16)10-18/h3-11H,1-2H3. The lowest BCUT2D eigenvalue weighted by molar-refractivity contribution is 0.112. The van der Waals surface area contributed by atoms with Gasteiger partial charge in [0.05, 0.1) is 5.02 Å². The van der Waals surface area contributed by atoms with Gasteiger partial charge < -0.3 is 0 Å². The molecule has 0 bridgehead atoms. The minimum absolute atomic E-state index is 0.499. The third kappa shape index (κ3) is 3.40. The highest BCUT2D eigenvalue weighted by molar-refractivity contribution is 7.99. The van der Waals surface area contributed by atoms with Gasteiger partial charge in [0.15, 0.2) is 6.29 Å². The molecule has 0 unspecified atom stereocenters.